The maximum absolute atomic E-state index is 11.0. The zero-order chi connectivity index (χ0) is 13.1. The molecule has 0 saturated carbocycles. The number of esters is 1. The van der Waals surface area contributed by atoms with Crippen LogP contribution in [0.4, 0.5) is 0 Å². The zero-order valence-corrected chi connectivity index (χ0v) is 11.0. The van der Waals surface area contributed by atoms with E-state index in [9.17, 15) is 4.79 Å². The Balaban J connectivity index is 3.14. The highest BCUT2D eigenvalue weighted by atomic mass is 16.7. The Hall–Kier alpha value is -0.910. The molecule has 0 aliphatic carbocycles. The Kier molecular flexibility index (Phi) is 9.71. The molecule has 0 unspecified atom stereocenters. The second-order valence-electron chi connectivity index (χ2n) is 3.88. The zero-order valence-electron chi connectivity index (χ0n) is 11.0. The first-order valence-electron chi connectivity index (χ1n) is 5.74. The first kappa shape index (κ1) is 16.1. The fourth-order valence-corrected chi connectivity index (χ4v) is 0.959. The minimum atomic E-state index is -0.343. The van der Waals surface area contributed by atoms with Crippen LogP contribution in [0, 0.1) is 0 Å². The summed E-state index contributed by atoms with van der Waals surface area (Å²) in [5, 5.41) is 1.66. The molecule has 0 bridgehead atoms. The SMILES string of the molecule is C=C(C)C(=O)OCCCOCCCON(C)C. The predicted molar refractivity (Wildman–Crippen MR) is 65.5 cm³/mol. The van der Waals surface area contributed by atoms with E-state index in [1.54, 1.807) is 12.0 Å². The summed E-state index contributed by atoms with van der Waals surface area (Å²) < 4.78 is 10.3. The fourth-order valence-electron chi connectivity index (χ4n) is 0.959. The number of hydrogen-bond donors (Lipinski definition) is 0. The van der Waals surface area contributed by atoms with Crippen LogP contribution in [0.2, 0.25) is 0 Å². The summed E-state index contributed by atoms with van der Waals surface area (Å²) in [6.45, 7) is 7.39. The van der Waals surface area contributed by atoms with E-state index in [-0.39, 0.29) is 5.97 Å². The topological polar surface area (TPSA) is 48.0 Å². The molecule has 5 nitrogen and oxygen atoms in total. The van der Waals surface area contributed by atoms with Gasteiger partial charge < -0.3 is 9.47 Å². The molecule has 0 aliphatic heterocycles. The van der Waals surface area contributed by atoms with Gasteiger partial charge in [-0.25, -0.2) is 4.79 Å². The second-order valence-corrected chi connectivity index (χ2v) is 3.88. The van der Waals surface area contributed by atoms with Crippen LogP contribution in [-0.4, -0.2) is 51.6 Å². The molecule has 0 heterocycles. The van der Waals surface area contributed by atoms with Crippen LogP contribution in [0.5, 0.6) is 0 Å². The summed E-state index contributed by atoms with van der Waals surface area (Å²) >= 11 is 0. The number of rotatable bonds is 10. The van der Waals surface area contributed by atoms with Crippen molar-refractivity contribution < 1.29 is 19.1 Å². The number of carbonyl (C=O) groups is 1. The van der Waals surface area contributed by atoms with Gasteiger partial charge in [0.15, 0.2) is 0 Å². The third-order valence-corrected chi connectivity index (χ3v) is 1.80. The molecule has 0 fully saturated rings. The summed E-state index contributed by atoms with van der Waals surface area (Å²) in [7, 11) is 3.69. The lowest BCUT2D eigenvalue weighted by Crippen LogP contribution is -2.14. The van der Waals surface area contributed by atoms with Gasteiger partial charge in [-0.05, 0) is 13.3 Å². The highest BCUT2D eigenvalue weighted by molar-refractivity contribution is 5.86. The van der Waals surface area contributed by atoms with E-state index in [0.29, 0.717) is 38.4 Å². The number of hydrogen-bond acceptors (Lipinski definition) is 5. The van der Waals surface area contributed by atoms with Crippen LogP contribution >= 0.6 is 0 Å². The van der Waals surface area contributed by atoms with E-state index >= 15 is 0 Å². The second kappa shape index (κ2) is 10.3. The van der Waals surface area contributed by atoms with Gasteiger partial charge in [-0.3, -0.25) is 4.84 Å². The Morgan fingerprint density at radius 2 is 1.71 bits per heavy atom. The summed E-state index contributed by atoms with van der Waals surface area (Å²) in [6.07, 6.45) is 1.55. The standard InChI is InChI=1S/C12H23NO4/c1-11(2)12(14)16-9-5-7-15-8-6-10-17-13(3)4/h1,5-10H2,2-4H3. The predicted octanol–water partition coefficient (Wildman–Crippen LogP) is 1.40. The van der Waals surface area contributed by atoms with Gasteiger partial charge in [0.25, 0.3) is 0 Å². The van der Waals surface area contributed by atoms with E-state index in [4.69, 9.17) is 14.3 Å². The van der Waals surface area contributed by atoms with Gasteiger partial charge in [-0.2, -0.15) is 5.06 Å². The number of carbonyl (C=O) groups excluding carboxylic acids is 1. The molecule has 5 heteroatoms. The van der Waals surface area contributed by atoms with Gasteiger partial charge in [0.05, 0.1) is 13.2 Å². The fraction of sp³-hybridized carbons (Fsp3) is 0.750. The van der Waals surface area contributed by atoms with E-state index in [1.807, 2.05) is 14.1 Å². The van der Waals surface area contributed by atoms with Crippen LogP contribution < -0.4 is 0 Å². The molecule has 0 atom stereocenters. The first-order chi connectivity index (χ1) is 8.04. The van der Waals surface area contributed by atoms with Crippen LogP contribution in [0.3, 0.4) is 0 Å². The van der Waals surface area contributed by atoms with E-state index in [0.717, 1.165) is 6.42 Å². The van der Waals surface area contributed by atoms with Gasteiger partial charge >= 0.3 is 5.97 Å². The molecule has 0 amide bonds. The van der Waals surface area contributed by atoms with Gasteiger partial charge in [-0.15, -0.1) is 0 Å². The van der Waals surface area contributed by atoms with Crippen LogP contribution in [0.15, 0.2) is 12.2 Å². The summed E-state index contributed by atoms with van der Waals surface area (Å²) in [5.74, 6) is -0.343. The first-order valence-corrected chi connectivity index (χ1v) is 5.74. The van der Waals surface area contributed by atoms with Gasteiger partial charge in [0, 0.05) is 39.3 Å². The van der Waals surface area contributed by atoms with Crippen molar-refractivity contribution >= 4 is 5.97 Å². The molecule has 0 aliphatic rings. The molecular weight excluding hydrogens is 222 g/mol. The van der Waals surface area contributed by atoms with Crippen molar-refractivity contribution in [3.05, 3.63) is 12.2 Å². The van der Waals surface area contributed by atoms with Crippen LogP contribution in [0.25, 0.3) is 0 Å². The maximum atomic E-state index is 11.0. The molecule has 0 spiro atoms. The molecule has 0 aromatic heterocycles. The Labute approximate surface area is 103 Å². The molecule has 17 heavy (non-hydrogen) atoms. The van der Waals surface area contributed by atoms with Crippen molar-refractivity contribution in [2.45, 2.75) is 19.8 Å². The van der Waals surface area contributed by atoms with Crippen LogP contribution in [-0.2, 0) is 19.1 Å². The molecule has 0 radical (unpaired) electrons. The third-order valence-electron chi connectivity index (χ3n) is 1.80. The van der Waals surface area contributed by atoms with Crippen molar-refractivity contribution in [2.24, 2.45) is 0 Å². The number of hydroxylamine groups is 2. The van der Waals surface area contributed by atoms with Crippen molar-refractivity contribution in [1.29, 1.82) is 0 Å². The number of nitrogens with zero attached hydrogens (tertiary/aromatic N) is 1. The largest absolute Gasteiger partial charge is 0.462 e. The lowest BCUT2D eigenvalue weighted by Gasteiger charge is -2.10. The van der Waals surface area contributed by atoms with Crippen molar-refractivity contribution in [3.8, 4) is 0 Å². The third kappa shape index (κ3) is 11.4. The quantitative estimate of drug-likeness (QED) is 0.252. The van der Waals surface area contributed by atoms with Crippen molar-refractivity contribution in [3.63, 3.8) is 0 Å². The molecule has 100 valence electrons. The average molecular weight is 245 g/mol. The lowest BCUT2D eigenvalue weighted by atomic mass is 10.4. The van der Waals surface area contributed by atoms with E-state index in [2.05, 4.69) is 6.58 Å². The van der Waals surface area contributed by atoms with Gasteiger partial charge in [-0.1, -0.05) is 6.58 Å². The van der Waals surface area contributed by atoms with Crippen molar-refractivity contribution in [2.75, 3.05) is 40.5 Å². The Bertz CT molecular complexity index is 229. The Morgan fingerprint density at radius 3 is 2.24 bits per heavy atom. The molecule has 0 aromatic carbocycles. The van der Waals surface area contributed by atoms with Crippen molar-refractivity contribution in [1.82, 2.24) is 5.06 Å². The van der Waals surface area contributed by atoms with Gasteiger partial charge in [0.1, 0.15) is 0 Å². The maximum Gasteiger partial charge on any atom is 0.333 e. The van der Waals surface area contributed by atoms with E-state index < -0.39 is 0 Å². The summed E-state index contributed by atoms with van der Waals surface area (Å²) in [5.41, 5.74) is 0.423. The molecule has 0 rings (SSSR count). The van der Waals surface area contributed by atoms with Gasteiger partial charge in [0.2, 0.25) is 0 Å². The average Bonchev–Trinajstić information content (AvgIpc) is 2.25. The minimum absolute atomic E-state index is 0.343. The number of ether oxygens (including phenoxy) is 2. The summed E-state index contributed by atoms with van der Waals surface area (Å²) in [4.78, 5) is 16.2. The molecule has 0 N–H and O–H groups in total. The normalized spacial score (nSPS) is 10.6. The highest BCUT2D eigenvalue weighted by Gasteiger charge is 2.01. The smallest absolute Gasteiger partial charge is 0.333 e. The molecule has 0 aromatic rings. The summed E-state index contributed by atoms with van der Waals surface area (Å²) in [6, 6.07) is 0. The molecular formula is C12H23NO4. The lowest BCUT2D eigenvalue weighted by molar-refractivity contribution is -0.139. The van der Waals surface area contributed by atoms with Crippen LogP contribution in [0.1, 0.15) is 19.8 Å². The highest BCUT2D eigenvalue weighted by Crippen LogP contribution is 1.94. The monoisotopic (exact) mass is 245 g/mol. The minimum Gasteiger partial charge on any atom is -0.462 e. The Morgan fingerprint density at radius 1 is 1.12 bits per heavy atom. The van der Waals surface area contributed by atoms with E-state index in [1.165, 1.54) is 0 Å². The molecule has 0 saturated heterocycles.